The number of carboxylic acids is 1. The van der Waals surface area contributed by atoms with E-state index in [1.807, 2.05) is 0 Å². The standard InChI is InChI=1S/C11H13NO5/c12-9(10(16)17)11(1-2-11)8-6(14)3-5(13)4-7(8)15/h3-4,9,13-15H,1-2,12H2,(H,16,17). The fraction of sp³-hybridized carbons (Fsp3) is 0.364. The molecule has 1 unspecified atom stereocenters. The van der Waals surface area contributed by atoms with Gasteiger partial charge in [-0.05, 0) is 12.8 Å². The van der Waals surface area contributed by atoms with Crippen molar-refractivity contribution in [2.45, 2.75) is 24.3 Å². The number of hydrogen-bond acceptors (Lipinski definition) is 5. The quantitative estimate of drug-likeness (QED) is 0.515. The molecule has 0 bridgehead atoms. The number of benzene rings is 1. The van der Waals surface area contributed by atoms with E-state index in [0.29, 0.717) is 12.8 Å². The van der Waals surface area contributed by atoms with Crippen LogP contribution in [0.5, 0.6) is 17.2 Å². The summed E-state index contributed by atoms with van der Waals surface area (Å²) in [6, 6.07) is 0.928. The number of phenolic OH excluding ortho intramolecular Hbond substituents is 3. The number of rotatable bonds is 3. The summed E-state index contributed by atoms with van der Waals surface area (Å²) in [6.45, 7) is 0. The number of aliphatic carboxylic acids is 1. The minimum Gasteiger partial charge on any atom is -0.508 e. The number of nitrogens with two attached hydrogens (primary N) is 1. The Morgan fingerprint density at radius 2 is 1.71 bits per heavy atom. The highest BCUT2D eigenvalue weighted by Crippen LogP contribution is 2.56. The molecule has 0 aliphatic heterocycles. The maximum absolute atomic E-state index is 10.9. The maximum Gasteiger partial charge on any atom is 0.321 e. The second-order valence-electron chi connectivity index (χ2n) is 4.33. The van der Waals surface area contributed by atoms with Crippen molar-refractivity contribution in [1.29, 1.82) is 0 Å². The second-order valence-corrected chi connectivity index (χ2v) is 4.33. The molecular weight excluding hydrogens is 226 g/mol. The van der Waals surface area contributed by atoms with Crippen LogP contribution in [0.15, 0.2) is 12.1 Å². The van der Waals surface area contributed by atoms with Gasteiger partial charge in [0.25, 0.3) is 0 Å². The first-order chi connectivity index (χ1) is 7.88. The highest BCUT2D eigenvalue weighted by atomic mass is 16.4. The molecule has 6 nitrogen and oxygen atoms in total. The summed E-state index contributed by atoms with van der Waals surface area (Å²) in [6.07, 6.45) is 0.957. The summed E-state index contributed by atoms with van der Waals surface area (Å²) < 4.78 is 0. The molecule has 0 heterocycles. The largest absolute Gasteiger partial charge is 0.508 e. The molecule has 0 spiro atoms. The minimum atomic E-state index is -1.19. The van der Waals surface area contributed by atoms with E-state index >= 15 is 0 Å². The van der Waals surface area contributed by atoms with Crippen LogP contribution >= 0.6 is 0 Å². The monoisotopic (exact) mass is 239 g/mol. The number of carbonyl (C=O) groups is 1. The van der Waals surface area contributed by atoms with Crippen LogP contribution in [0.2, 0.25) is 0 Å². The van der Waals surface area contributed by atoms with Crippen LogP contribution in [0.3, 0.4) is 0 Å². The van der Waals surface area contributed by atoms with E-state index in [1.165, 1.54) is 0 Å². The van der Waals surface area contributed by atoms with Gasteiger partial charge in [0.2, 0.25) is 0 Å². The van der Waals surface area contributed by atoms with Gasteiger partial charge in [-0.25, -0.2) is 0 Å². The summed E-state index contributed by atoms with van der Waals surface area (Å²) in [5, 5.41) is 37.5. The molecule has 0 radical (unpaired) electrons. The molecule has 1 atom stereocenters. The Labute approximate surface area is 96.9 Å². The first kappa shape index (κ1) is 11.5. The highest BCUT2D eigenvalue weighted by molar-refractivity contribution is 5.78. The van der Waals surface area contributed by atoms with Crippen molar-refractivity contribution < 1.29 is 25.2 Å². The first-order valence-corrected chi connectivity index (χ1v) is 5.12. The van der Waals surface area contributed by atoms with Crippen molar-refractivity contribution in [3.05, 3.63) is 17.7 Å². The van der Waals surface area contributed by atoms with E-state index in [0.717, 1.165) is 12.1 Å². The summed E-state index contributed by atoms with van der Waals surface area (Å²) in [5.74, 6) is -2.15. The van der Waals surface area contributed by atoms with E-state index < -0.39 is 17.4 Å². The van der Waals surface area contributed by atoms with Crippen LogP contribution in [-0.2, 0) is 10.2 Å². The van der Waals surface area contributed by atoms with E-state index in [2.05, 4.69) is 0 Å². The van der Waals surface area contributed by atoms with Gasteiger partial charge in [0.1, 0.15) is 23.3 Å². The van der Waals surface area contributed by atoms with Crippen molar-refractivity contribution in [1.82, 2.24) is 0 Å². The number of carboxylic acid groups (broad SMARTS) is 1. The van der Waals surface area contributed by atoms with Crippen molar-refractivity contribution in [3.63, 3.8) is 0 Å². The van der Waals surface area contributed by atoms with E-state index in [-0.39, 0.29) is 22.8 Å². The molecule has 1 aromatic carbocycles. The lowest BCUT2D eigenvalue weighted by Gasteiger charge is -2.22. The lowest BCUT2D eigenvalue weighted by Crippen LogP contribution is -2.42. The molecule has 17 heavy (non-hydrogen) atoms. The number of phenols is 3. The van der Waals surface area contributed by atoms with Gasteiger partial charge in [-0.3, -0.25) is 4.79 Å². The van der Waals surface area contributed by atoms with Crippen LogP contribution in [0, 0.1) is 0 Å². The molecule has 0 amide bonds. The van der Waals surface area contributed by atoms with Gasteiger partial charge in [0.05, 0.1) is 0 Å². The van der Waals surface area contributed by atoms with Crippen LogP contribution in [0.25, 0.3) is 0 Å². The Bertz CT molecular complexity index is 458. The van der Waals surface area contributed by atoms with Crippen LogP contribution in [-0.4, -0.2) is 32.4 Å². The predicted molar refractivity (Wildman–Crippen MR) is 58.0 cm³/mol. The lowest BCUT2D eigenvalue weighted by molar-refractivity contribution is -0.139. The van der Waals surface area contributed by atoms with E-state index in [1.54, 1.807) is 0 Å². The van der Waals surface area contributed by atoms with Crippen molar-refractivity contribution in [2.24, 2.45) is 5.73 Å². The lowest BCUT2D eigenvalue weighted by atomic mass is 9.87. The molecule has 1 aromatic rings. The second kappa shape index (κ2) is 3.53. The fourth-order valence-electron chi connectivity index (χ4n) is 2.20. The molecule has 1 aliphatic rings. The van der Waals surface area contributed by atoms with Gasteiger partial charge in [-0.2, -0.15) is 0 Å². The molecule has 1 saturated carbocycles. The zero-order valence-electron chi connectivity index (χ0n) is 8.92. The number of aromatic hydroxyl groups is 3. The van der Waals surface area contributed by atoms with Crippen molar-refractivity contribution in [2.75, 3.05) is 0 Å². The zero-order chi connectivity index (χ0) is 12.8. The highest BCUT2D eigenvalue weighted by Gasteiger charge is 2.55. The van der Waals surface area contributed by atoms with Gasteiger partial charge in [-0.15, -0.1) is 0 Å². The molecule has 6 N–H and O–H groups in total. The SMILES string of the molecule is NC(C(=O)O)C1(c2c(O)cc(O)cc2O)CC1. The topological polar surface area (TPSA) is 124 Å². The summed E-state index contributed by atoms with van der Waals surface area (Å²) in [5.41, 5.74) is 4.75. The van der Waals surface area contributed by atoms with E-state index in [4.69, 9.17) is 10.8 Å². The maximum atomic E-state index is 10.9. The molecule has 2 rings (SSSR count). The Balaban J connectivity index is 2.51. The van der Waals surface area contributed by atoms with Crippen LogP contribution < -0.4 is 5.73 Å². The van der Waals surface area contributed by atoms with Crippen LogP contribution in [0.4, 0.5) is 0 Å². The normalized spacial score (nSPS) is 18.6. The van der Waals surface area contributed by atoms with Gasteiger partial charge in [0.15, 0.2) is 0 Å². The zero-order valence-corrected chi connectivity index (χ0v) is 8.92. The summed E-state index contributed by atoms with van der Waals surface area (Å²) in [4.78, 5) is 10.9. The molecule has 1 aliphatic carbocycles. The Hall–Kier alpha value is -1.95. The Kier molecular flexibility index (Phi) is 2.39. The number of hydrogen-bond donors (Lipinski definition) is 5. The third kappa shape index (κ3) is 1.66. The average molecular weight is 239 g/mol. The van der Waals surface area contributed by atoms with Crippen molar-refractivity contribution >= 4 is 5.97 Å². The van der Waals surface area contributed by atoms with Crippen LogP contribution in [0.1, 0.15) is 18.4 Å². The molecule has 92 valence electrons. The van der Waals surface area contributed by atoms with Gasteiger partial charge in [0, 0.05) is 23.1 Å². The molecule has 0 saturated heterocycles. The van der Waals surface area contributed by atoms with Gasteiger partial charge in [-0.1, -0.05) is 0 Å². The molecule has 1 fully saturated rings. The fourth-order valence-corrected chi connectivity index (χ4v) is 2.20. The first-order valence-electron chi connectivity index (χ1n) is 5.12. The summed E-state index contributed by atoms with van der Waals surface area (Å²) >= 11 is 0. The van der Waals surface area contributed by atoms with Gasteiger partial charge >= 0.3 is 5.97 Å². The van der Waals surface area contributed by atoms with Crippen molar-refractivity contribution in [3.8, 4) is 17.2 Å². The van der Waals surface area contributed by atoms with E-state index in [9.17, 15) is 20.1 Å². The predicted octanol–water partition coefficient (Wildman–Crippen LogP) is 0.247. The Morgan fingerprint density at radius 1 is 1.24 bits per heavy atom. The third-order valence-corrected chi connectivity index (χ3v) is 3.23. The summed E-state index contributed by atoms with van der Waals surface area (Å²) in [7, 11) is 0. The molecule has 6 heteroatoms. The Morgan fingerprint density at radius 3 is 2.06 bits per heavy atom. The minimum absolute atomic E-state index is 0.102. The van der Waals surface area contributed by atoms with Gasteiger partial charge < -0.3 is 26.2 Å². The molecular formula is C11H13NO5. The third-order valence-electron chi connectivity index (χ3n) is 3.23. The molecule has 0 aromatic heterocycles. The average Bonchev–Trinajstić information content (AvgIpc) is 2.96. The smallest absolute Gasteiger partial charge is 0.321 e.